The van der Waals surface area contributed by atoms with Gasteiger partial charge in [-0.3, -0.25) is 4.79 Å². The third-order valence-electron chi connectivity index (χ3n) is 2.80. The third-order valence-corrected chi connectivity index (χ3v) is 2.80. The first-order valence-electron chi connectivity index (χ1n) is 6.58. The van der Waals surface area contributed by atoms with E-state index in [0.29, 0.717) is 12.5 Å². The molecule has 0 fully saturated rings. The zero-order valence-electron chi connectivity index (χ0n) is 11.5. The van der Waals surface area contributed by atoms with Crippen LogP contribution in [0.25, 0.3) is 0 Å². The summed E-state index contributed by atoms with van der Waals surface area (Å²) in [4.78, 5) is 11.5. The zero-order valence-corrected chi connectivity index (χ0v) is 11.5. The number of hydrogen-bond acceptors (Lipinski definition) is 3. The van der Waals surface area contributed by atoms with E-state index in [1.165, 1.54) is 5.56 Å². The maximum Gasteiger partial charge on any atom is 0.325 e. The molecule has 18 heavy (non-hydrogen) atoms. The summed E-state index contributed by atoms with van der Waals surface area (Å²) in [5, 5.41) is 3.05. The van der Waals surface area contributed by atoms with Crippen molar-refractivity contribution in [1.82, 2.24) is 0 Å². The first kappa shape index (κ1) is 14.6. The van der Waals surface area contributed by atoms with Crippen molar-refractivity contribution in [1.29, 1.82) is 0 Å². The molecule has 0 heterocycles. The maximum atomic E-state index is 11.5. The van der Waals surface area contributed by atoms with Gasteiger partial charge in [-0.2, -0.15) is 0 Å². The normalized spacial score (nSPS) is 11.9. The van der Waals surface area contributed by atoms with E-state index in [2.05, 4.69) is 19.2 Å². The Kier molecular flexibility index (Phi) is 6.26. The molecular formula is C15H23NO2. The minimum Gasteiger partial charge on any atom is -0.464 e. The molecule has 1 aromatic rings. The Morgan fingerprint density at radius 3 is 2.61 bits per heavy atom. The Hall–Kier alpha value is -1.51. The minimum absolute atomic E-state index is 0.196. The van der Waals surface area contributed by atoms with Crippen LogP contribution in [0.4, 0.5) is 5.69 Å². The van der Waals surface area contributed by atoms with Crippen molar-refractivity contribution in [2.45, 2.75) is 33.6 Å². The molecule has 0 saturated heterocycles. The summed E-state index contributed by atoms with van der Waals surface area (Å²) in [6.45, 7) is 7.01. The quantitative estimate of drug-likeness (QED) is 0.753. The molecule has 0 amide bonds. The van der Waals surface area contributed by atoms with E-state index in [0.717, 1.165) is 18.5 Å². The van der Waals surface area contributed by atoms with Gasteiger partial charge in [0.15, 0.2) is 0 Å². The lowest BCUT2D eigenvalue weighted by Gasteiger charge is -2.11. The summed E-state index contributed by atoms with van der Waals surface area (Å²) in [5.74, 6) is 0.247. The Bertz CT molecular complexity index is 359. The number of benzene rings is 1. The molecule has 0 aliphatic heterocycles. The van der Waals surface area contributed by atoms with Crippen LogP contribution in [0.5, 0.6) is 0 Å². The fraction of sp³-hybridized carbons (Fsp3) is 0.533. The van der Waals surface area contributed by atoms with Gasteiger partial charge in [-0.15, -0.1) is 0 Å². The highest BCUT2D eigenvalue weighted by Crippen LogP contribution is 2.08. The van der Waals surface area contributed by atoms with Gasteiger partial charge < -0.3 is 10.1 Å². The second-order valence-electron chi connectivity index (χ2n) is 4.80. The molecule has 1 aromatic carbocycles. The standard InChI is InChI=1S/C15H23NO2/c1-4-5-13(3)11-18-15(17)10-16-14-8-6-12(2)7-9-14/h6-9,13,16H,4-5,10-11H2,1-3H3. The molecule has 0 spiro atoms. The maximum absolute atomic E-state index is 11.5. The molecule has 1 atom stereocenters. The van der Waals surface area contributed by atoms with Crippen LogP contribution in [0, 0.1) is 12.8 Å². The van der Waals surface area contributed by atoms with Crippen molar-refractivity contribution in [2.75, 3.05) is 18.5 Å². The van der Waals surface area contributed by atoms with Gasteiger partial charge in [-0.25, -0.2) is 0 Å². The molecule has 100 valence electrons. The molecule has 1 unspecified atom stereocenters. The summed E-state index contributed by atoms with van der Waals surface area (Å²) in [5.41, 5.74) is 2.15. The molecule has 0 aromatic heterocycles. The van der Waals surface area contributed by atoms with Crippen molar-refractivity contribution in [3.63, 3.8) is 0 Å². The van der Waals surface area contributed by atoms with E-state index in [4.69, 9.17) is 4.74 Å². The summed E-state index contributed by atoms with van der Waals surface area (Å²) in [6, 6.07) is 7.94. The summed E-state index contributed by atoms with van der Waals surface area (Å²) >= 11 is 0. The highest BCUT2D eigenvalue weighted by Gasteiger charge is 2.06. The molecule has 3 heteroatoms. The van der Waals surface area contributed by atoms with Crippen molar-refractivity contribution in [3.05, 3.63) is 29.8 Å². The number of anilines is 1. The van der Waals surface area contributed by atoms with Crippen LogP contribution in [0.1, 0.15) is 32.3 Å². The largest absolute Gasteiger partial charge is 0.464 e. The van der Waals surface area contributed by atoms with Gasteiger partial charge in [0, 0.05) is 5.69 Å². The van der Waals surface area contributed by atoms with Crippen molar-refractivity contribution in [3.8, 4) is 0 Å². The Balaban J connectivity index is 2.22. The van der Waals surface area contributed by atoms with Crippen LogP contribution in [0.15, 0.2) is 24.3 Å². The fourth-order valence-corrected chi connectivity index (χ4v) is 1.71. The average Bonchev–Trinajstić information content (AvgIpc) is 2.36. The molecule has 0 saturated carbocycles. The van der Waals surface area contributed by atoms with Gasteiger partial charge in [0.05, 0.1) is 6.61 Å². The van der Waals surface area contributed by atoms with Crippen LogP contribution >= 0.6 is 0 Å². The van der Waals surface area contributed by atoms with Crippen molar-refractivity contribution < 1.29 is 9.53 Å². The van der Waals surface area contributed by atoms with Gasteiger partial charge in [0.1, 0.15) is 6.54 Å². The Morgan fingerprint density at radius 2 is 2.00 bits per heavy atom. The van der Waals surface area contributed by atoms with Gasteiger partial charge in [-0.05, 0) is 31.4 Å². The molecule has 1 rings (SSSR count). The first-order chi connectivity index (χ1) is 8.61. The third kappa shape index (κ3) is 5.71. The topological polar surface area (TPSA) is 38.3 Å². The van der Waals surface area contributed by atoms with E-state index >= 15 is 0 Å². The average molecular weight is 249 g/mol. The number of carbonyl (C=O) groups is 1. The first-order valence-corrected chi connectivity index (χ1v) is 6.58. The van der Waals surface area contributed by atoms with Gasteiger partial charge in [-0.1, -0.05) is 38.0 Å². The lowest BCUT2D eigenvalue weighted by Crippen LogP contribution is -2.19. The van der Waals surface area contributed by atoms with E-state index in [9.17, 15) is 4.79 Å². The number of rotatable bonds is 7. The van der Waals surface area contributed by atoms with Crippen LogP contribution in [0.3, 0.4) is 0 Å². The minimum atomic E-state index is -0.196. The number of aryl methyl sites for hydroxylation is 1. The van der Waals surface area contributed by atoms with Gasteiger partial charge in [0.2, 0.25) is 0 Å². The lowest BCUT2D eigenvalue weighted by atomic mass is 10.1. The van der Waals surface area contributed by atoms with Crippen LogP contribution in [-0.2, 0) is 9.53 Å². The van der Waals surface area contributed by atoms with E-state index < -0.39 is 0 Å². The molecule has 3 nitrogen and oxygen atoms in total. The molecule has 0 aliphatic rings. The van der Waals surface area contributed by atoms with Crippen LogP contribution in [0.2, 0.25) is 0 Å². The van der Waals surface area contributed by atoms with Crippen molar-refractivity contribution in [2.24, 2.45) is 5.92 Å². The Morgan fingerprint density at radius 1 is 1.33 bits per heavy atom. The summed E-state index contributed by atoms with van der Waals surface area (Å²) < 4.78 is 5.20. The molecule has 0 aliphatic carbocycles. The highest BCUT2D eigenvalue weighted by atomic mass is 16.5. The molecule has 0 radical (unpaired) electrons. The fourth-order valence-electron chi connectivity index (χ4n) is 1.71. The number of hydrogen-bond donors (Lipinski definition) is 1. The smallest absolute Gasteiger partial charge is 0.325 e. The predicted molar refractivity (Wildman–Crippen MR) is 74.7 cm³/mol. The Labute approximate surface area is 110 Å². The number of ether oxygens (including phenoxy) is 1. The number of nitrogens with one attached hydrogen (secondary N) is 1. The van der Waals surface area contributed by atoms with Gasteiger partial charge in [0.25, 0.3) is 0 Å². The van der Waals surface area contributed by atoms with E-state index in [-0.39, 0.29) is 12.5 Å². The highest BCUT2D eigenvalue weighted by molar-refractivity contribution is 5.74. The van der Waals surface area contributed by atoms with Crippen LogP contribution < -0.4 is 5.32 Å². The summed E-state index contributed by atoms with van der Waals surface area (Å²) in [7, 11) is 0. The molecular weight excluding hydrogens is 226 g/mol. The zero-order chi connectivity index (χ0) is 13.4. The SMILES string of the molecule is CCCC(C)COC(=O)CNc1ccc(C)cc1. The lowest BCUT2D eigenvalue weighted by molar-refractivity contribution is -0.142. The monoisotopic (exact) mass is 249 g/mol. The predicted octanol–water partition coefficient (Wildman–Crippen LogP) is 3.39. The second-order valence-corrected chi connectivity index (χ2v) is 4.80. The van der Waals surface area contributed by atoms with E-state index in [1.54, 1.807) is 0 Å². The molecule has 1 N–H and O–H groups in total. The summed E-state index contributed by atoms with van der Waals surface area (Å²) in [6.07, 6.45) is 2.22. The second kappa shape index (κ2) is 7.75. The number of carbonyl (C=O) groups excluding carboxylic acids is 1. The van der Waals surface area contributed by atoms with Gasteiger partial charge >= 0.3 is 5.97 Å². The van der Waals surface area contributed by atoms with Crippen LogP contribution in [-0.4, -0.2) is 19.1 Å². The number of esters is 1. The van der Waals surface area contributed by atoms with E-state index in [1.807, 2.05) is 31.2 Å². The van der Waals surface area contributed by atoms with Crippen molar-refractivity contribution >= 4 is 11.7 Å². The molecule has 0 bridgehead atoms.